The maximum Gasteiger partial charge on any atom is 0.263 e. The van der Waals surface area contributed by atoms with Crippen LogP contribution >= 0.6 is 22.9 Å². The molecule has 0 unspecified atom stereocenters. The largest absolute Gasteiger partial charge is 0.339 e. The number of rotatable bonds is 6. The molecule has 142 valence electrons. The van der Waals surface area contributed by atoms with Crippen molar-refractivity contribution >= 4 is 28.8 Å². The normalized spacial score (nSPS) is 11.8. The maximum absolute atomic E-state index is 12.7. The van der Waals surface area contributed by atoms with Crippen molar-refractivity contribution in [2.75, 3.05) is 14.1 Å². The Hall–Kier alpha value is -2.29. The number of halogens is 1. The molecular weight excluding hydrogens is 386 g/mol. The molecule has 0 aliphatic heterocycles. The van der Waals surface area contributed by atoms with Gasteiger partial charge in [0.1, 0.15) is 9.88 Å². The highest BCUT2D eigenvalue weighted by Gasteiger charge is 2.30. The molecule has 0 saturated carbocycles. The lowest BCUT2D eigenvalue weighted by atomic mass is 10.1. The molecule has 0 radical (unpaired) electrons. The van der Waals surface area contributed by atoms with Gasteiger partial charge in [0.15, 0.2) is 5.82 Å². The Bertz CT molecular complexity index is 951. The molecule has 3 aromatic rings. The number of hydrogen-bond acceptors (Lipinski definition) is 7. The molecule has 0 saturated heterocycles. The summed E-state index contributed by atoms with van der Waals surface area (Å²) in [5.74, 6) is 0.662. The Labute approximate surface area is 166 Å². The lowest BCUT2D eigenvalue weighted by molar-refractivity contribution is 0.0911. The van der Waals surface area contributed by atoms with Gasteiger partial charge in [-0.3, -0.25) is 4.79 Å². The van der Waals surface area contributed by atoms with Crippen LogP contribution in [0.2, 0.25) is 5.02 Å². The number of hydrogen-bond donors (Lipinski definition) is 1. The Balaban J connectivity index is 1.75. The van der Waals surface area contributed by atoms with Crippen LogP contribution in [0.25, 0.3) is 10.6 Å². The van der Waals surface area contributed by atoms with E-state index in [-0.39, 0.29) is 5.91 Å². The predicted octanol–water partition coefficient (Wildman–Crippen LogP) is 3.57. The first-order chi connectivity index (χ1) is 12.8. The molecule has 0 fully saturated rings. The van der Waals surface area contributed by atoms with Gasteiger partial charge in [-0.25, -0.2) is 4.98 Å². The molecule has 0 aliphatic carbocycles. The number of amides is 1. The van der Waals surface area contributed by atoms with E-state index in [2.05, 4.69) is 20.4 Å². The fourth-order valence-corrected chi connectivity index (χ4v) is 3.52. The molecule has 0 aliphatic rings. The summed E-state index contributed by atoms with van der Waals surface area (Å²) in [7, 11) is 3.83. The van der Waals surface area contributed by atoms with E-state index in [1.54, 1.807) is 12.3 Å². The number of carbonyl (C=O) groups excluding carboxylic acids is 1. The molecule has 3 rings (SSSR count). The Morgan fingerprint density at radius 1 is 1.33 bits per heavy atom. The average Bonchev–Trinajstić information content (AvgIpc) is 3.24. The molecular formula is C18H20ClN5O2S. The molecule has 0 atom stereocenters. The molecule has 2 heterocycles. The fourth-order valence-electron chi connectivity index (χ4n) is 2.38. The minimum Gasteiger partial charge on any atom is -0.339 e. The van der Waals surface area contributed by atoms with Gasteiger partial charge in [-0.1, -0.05) is 35.0 Å². The number of benzene rings is 1. The van der Waals surface area contributed by atoms with Gasteiger partial charge in [-0.2, -0.15) is 4.98 Å². The monoisotopic (exact) mass is 405 g/mol. The summed E-state index contributed by atoms with van der Waals surface area (Å²) < 4.78 is 5.25. The van der Waals surface area contributed by atoms with Crippen LogP contribution in [0, 0.1) is 0 Å². The molecule has 0 spiro atoms. The number of carbonyl (C=O) groups is 1. The average molecular weight is 406 g/mol. The summed E-state index contributed by atoms with van der Waals surface area (Å²) in [6.07, 6.45) is 1.54. The lowest BCUT2D eigenvalue weighted by Crippen LogP contribution is -2.41. The topological polar surface area (TPSA) is 84.2 Å². The zero-order chi connectivity index (χ0) is 19.6. The van der Waals surface area contributed by atoms with Crippen molar-refractivity contribution in [3.05, 3.63) is 52.1 Å². The SMILES string of the molecule is CN(C)Cc1nc(C(C)(C)NC(=O)c2cnc(-c3ccccc3Cl)s2)no1. The van der Waals surface area contributed by atoms with Crippen molar-refractivity contribution < 1.29 is 9.32 Å². The van der Waals surface area contributed by atoms with Crippen molar-refractivity contribution in [1.29, 1.82) is 0 Å². The van der Waals surface area contributed by atoms with Crippen molar-refractivity contribution in [3.63, 3.8) is 0 Å². The van der Waals surface area contributed by atoms with Crippen LogP contribution in [-0.2, 0) is 12.1 Å². The van der Waals surface area contributed by atoms with Gasteiger partial charge in [0, 0.05) is 5.56 Å². The maximum atomic E-state index is 12.7. The van der Waals surface area contributed by atoms with Gasteiger partial charge < -0.3 is 14.7 Å². The van der Waals surface area contributed by atoms with Crippen molar-refractivity contribution in [1.82, 2.24) is 25.3 Å². The second kappa shape index (κ2) is 7.75. The second-order valence-corrected chi connectivity index (χ2v) is 8.28. The Kier molecular flexibility index (Phi) is 5.59. The minimum absolute atomic E-state index is 0.255. The third-order valence-electron chi connectivity index (χ3n) is 3.74. The number of thiazole rings is 1. The molecule has 7 nitrogen and oxygen atoms in total. The first kappa shape index (κ1) is 19.5. The Morgan fingerprint density at radius 3 is 2.78 bits per heavy atom. The highest BCUT2D eigenvalue weighted by atomic mass is 35.5. The standard InChI is InChI=1S/C18H20ClN5O2S/c1-18(2,17-21-14(26-23-17)10-24(3)4)22-15(25)13-9-20-16(27-13)11-7-5-6-8-12(11)19/h5-9H,10H2,1-4H3,(H,22,25). The smallest absolute Gasteiger partial charge is 0.263 e. The predicted molar refractivity (Wildman–Crippen MR) is 105 cm³/mol. The zero-order valence-corrected chi connectivity index (χ0v) is 17.1. The van der Waals surface area contributed by atoms with Gasteiger partial charge >= 0.3 is 0 Å². The molecule has 27 heavy (non-hydrogen) atoms. The minimum atomic E-state index is -0.792. The quantitative estimate of drug-likeness (QED) is 0.674. The van der Waals surface area contributed by atoms with Crippen molar-refractivity contribution in [2.24, 2.45) is 0 Å². The van der Waals surface area contributed by atoms with E-state index in [1.165, 1.54) is 11.3 Å². The number of aromatic nitrogens is 3. The fraction of sp³-hybridized carbons (Fsp3) is 0.333. The van der Waals surface area contributed by atoms with E-state index in [9.17, 15) is 4.79 Å². The van der Waals surface area contributed by atoms with E-state index in [0.717, 1.165) is 5.56 Å². The van der Waals surface area contributed by atoms with Crippen LogP contribution in [0.1, 0.15) is 35.2 Å². The number of nitrogens with zero attached hydrogens (tertiary/aromatic N) is 4. The summed E-state index contributed by atoms with van der Waals surface area (Å²) in [5, 5.41) is 8.22. The molecule has 2 aromatic heterocycles. The number of nitrogens with one attached hydrogen (secondary N) is 1. The van der Waals surface area contributed by atoms with Gasteiger partial charge in [-0.05, 0) is 34.0 Å². The lowest BCUT2D eigenvalue weighted by Gasteiger charge is -2.21. The zero-order valence-electron chi connectivity index (χ0n) is 15.5. The van der Waals surface area contributed by atoms with Crippen molar-refractivity contribution in [3.8, 4) is 10.6 Å². The third-order valence-corrected chi connectivity index (χ3v) is 5.10. The van der Waals surface area contributed by atoms with Gasteiger partial charge in [0.05, 0.1) is 23.3 Å². The molecule has 1 N–H and O–H groups in total. The summed E-state index contributed by atoms with van der Waals surface area (Å²) in [6.45, 7) is 4.18. The van der Waals surface area contributed by atoms with E-state index < -0.39 is 5.54 Å². The van der Waals surface area contributed by atoms with E-state index in [1.807, 2.05) is 51.0 Å². The van der Waals surface area contributed by atoms with Crippen molar-refractivity contribution in [2.45, 2.75) is 25.9 Å². The highest BCUT2D eigenvalue weighted by molar-refractivity contribution is 7.17. The van der Waals surface area contributed by atoms with Gasteiger partial charge in [0.2, 0.25) is 5.89 Å². The third kappa shape index (κ3) is 4.52. The van der Waals surface area contributed by atoms with Crippen LogP contribution in [0.5, 0.6) is 0 Å². The molecule has 1 aromatic carbocycles. The van der Waals surface area contributed by atoms with Gasteiger partial charge in [0.25, 0.3) is 5.91 Å². The second-order valence-electron chi connectivity index (χ2n) is 6.84. The first-order valence-electron chi connectivity index (χ1n) is 8.27. The van der Waals surface area contributed by atoms with Crippen LogP contribution in [0.3, 0.4) is 0 Å². The van der Waals surface area contributed by atoms with E-state index >= 15 is 0 Å². The summed E-state index contributed by atoms with van der Waals surface area (Å²) in [5.41, 5.74) is 0.00800. The van der Waals surface area contributed by atoms with Gasteiger partial charge in [-0.15, -0.1) is 11.3 Å². The van der Waals surface area contributed by atoms with Crippen LogP contribution in [0.15, 0.2) is 35.0 Å². The molecule has 0 bridgehead atoms. The first-order valence-corrected chi connectivity index (χ1v) is 9.47. The van der Waals surface area contributed by atoms with Crippen LogP contribution in [-0.4, -0.2) is 40.0 Å². The van der Waals surface area contributed by atoms with E-state index in [4.69, 9.17) is 16.1 Å². The summed E-state index contributed by atoms with van der Waals surface area (Å²) in [6, 6.07) is 7.40. The highest BCUT2D eigenvalue weighted by Crippen LogP contribution is 2.31. The Morgan fingerprint density at radius 2 is 2.07 bits per heavy atom. The molecule has 9 heteroatoms. The van der Waals surface area contributed by atoms with E-state index in [0.29, 0.717) is 33.2 Å². The van der Waals surface area contributed by atoms with Crippen LogP contribution in [0.4, 0.5) is 0 Å². The molecule has 1 amide bonds. The summed E-state index contributed by atoms with van der Waals surface area (Å²) in [4.78, 5) is 23.8. The van der Waals surface area contributed by atoms with Crippen LogP contribution < -0.4 is 5.32 Å². The summed E-state index contributed by atoms with van der Waals surface area (Å²) >= 11 is 7.49.